The fourth-order valence-corrected chi connectivity index (χ4v) is 1.18. The van der Waals surface area contributed by atoms with Crippen molar-refractivity contribution >= 4 is 6.09 Å². The summed E-state index contributed by atoms with van der Waals surface area (Å²) in [4.78, 5) is 11.0. The molecule has 0 atom stereocenters. The number of hydrogen-bond acceptors (Lipinski definition) is 4. The Hall–Kier alpha value is -1.29. The van der Waals surface area contributed by atoms with Crippen LogP contribution in [-0.4, -0.2) is 75.8 Å². The number of likely N-dealkylation sites (N-methyl/N-ethyl adjacent to an activating group) is 1. The van der Waals surface area contributed by atoms with E-state index in [9.17, 15) is 4.79 Å². The number of aliphatic hydroxyl groups excluding tert-OH is 1. The van der Waals surface area contributed by atoms with E-state index in [4.69, 9.17) is 16.3 Å². The number of carbonyl (C=O) groups is 1. The molecule has 6 nitrogen and oxygen atoms in total. The van der Waals surface area contributed by atoms with E-state index in [1.165, 1.54) is 0 Å². The molecule has 1 amide bonds. The molecule has 0 fully saturated rings. The molecule has 0 rings (SSSR count). The Kier molecular flexibility index (Phi) is 9.01. The van der Waals surface area contributed by atoms with Gasteiger partial charge < -0.3 is 24.4 Å². The molecule has 0 aromatic rings. The first kappa shape index (κ1) is 16.7. The molecule has 0 spiro atoms. The zero-order valence-corrected chi connectivity index (χ0v) is 11.1. The molecular formula is C12H23N2O4+. The van der Waals surface area contributed by atoms with E-state index in [1.807, 2.05) is 14.1 Å². The molecule has 0 saturated carbocycles. The summed E-state index contributed by atoms with van der Waals surface area (Å²) in [6, 6.07) is 0. The molecule has 0 unspecified atom stereocenters. The van der Waals surface area contributed by atoms with Crippen molar-refractivity contribution in [2.45, 2.75) is 0 Å². The van der Waals surface area contributed by atoms with Gasteiger partial charge >= 0.3 is 6.09 Å². The van der Waals surface area contributed by atoms with E-state index in [0.29, 0.717) is 30.8 Å². The number of carbonyl (C=O) groups excluding carboxylic acids is 1. The molecule has 0 aromatic heterocycles. The lowest BCUT2D eigenvalue weighted by Gasteiger charge is -2.28. The van der Waals surface area contributed by atoms with Crippen LogP contribution in [0.15, 0.2) is 0 Å². The van der Waals surface area contributed by atoms with Crippen LogP contribution in [0.1, 0.15) is 0 Å². The average Bonchev–Trinajstić information content (AvgIpc) is 2.30. The molecule has 0 saturated heterocycles. The van der Waals surface area contributed by atoms with Crippen molar-refractivity contribution in [3.05, 3.63) is 0 Å². The molecular weight excluding hydrogens is 236 g/mol. The maximum Gasteiger partial charge on any atom is 0.408 e. The van der Waals surface area contributed by atoms with Gasteiger partial charge in [0.15, 0.2) is 6.61 Å². The normalized spacial score (nSPS) is 10.8. The number of hydrogen-bond donors (Lipinski definition) is 2. The number of aliphatic hydroxyl groups is 1. The van der Waals surface area contributed by atoms with Crippen LogP contribution in [-0.2, 0) is 9.47 Å². The molecule has 18 heavy (non-hydrogen) atoms. The van der Waals surface area contributed by atoms with Gasteiger partial charge in [-0.3, -0.25) is 0 Å². The highest BCUT2D eigenvalue weighted by atomic mass is 16.5. The second-order valence-electron chi connectivity index (χ2n) is 4.43. The second-order valence-corrected chi connectivity index (χ2v) is 4.43. The number of ether oxygens (including phenoxy) is 2. The standard InChI is InChI=1S/C12H22N2O4/c1-4-9-18-12(16)13-5-10-17-11-7-14(2,3)6-8-15/h1,15H,5-11H2,2-3H3/p+1. The summed E-state index contributed by atoms with van der Waals surface area (Å²) in [6.45, 7) is 3.02. The minimum absolute atomic E-state index is 0.0283. The molecule has 0 bridgehead atoms. The van der Waals surface area contributed by atoms with Crippen molar-refractivity contribution in [2.75, 3.05) is 60.2 Å². The first-order chi connectivity index (χ1) is 8.52. The summed E-state index contributed by atoms with van der Waals surface area (Å²) in [6.07, 6.45) is 4.40. The Morgan fingerprint density at radius 1 is 1.39 bits per heavy atom. The minimum atomic E-state index is -0.534. The molecule has 0 radical (unpaired) electrons. The van der Waals surface area contributed by atoms with Crippen LogP contribution in [0.2, 0.25) is 0 Å². The number of nitrogens with one attached hydrogen (secondary N) is 1. The highest BCUT2D eigenvalue weighted by molar-refractivity contribution is 5.67. The van der Waals surface area contributed by atoms with Crippen molar-refractivity contribution in [1.82, 2.24) is 5.32 Å². The van der Waals surface area contributed by atoms with Gasteiger partial charge in [0.25, 0.3) is 0 Å². The second kappa shape index (κ2) is 9.71. The number of alkyl carbamates (subject to hydrolysis) is 1. The van der Waals surface area contributed by atoms with Gasteiger partial charge in [-0.25, -0.2) is 4.79 Å². The molecule has 0 aromatic carbocycles. The van der Waals surface area contributed by atoms with Crippen LogP contribution in [0.25, 0.3) is 0 Å². The Balaban J connectivity index is 3.41. The van der Waals surface area contributed by atoms with Crippen LogP contribution in [0, 0.1) is 12.3 Å². The number of nitrogens with zero attached hydrogens (tertiary/aromatic N) is 1. The van der Waals surface area contributed by atoms with E-state index in [2.05, 4.69) is 16.0 Å². The Labute approximate surface area is 108 Å². The van der Waals surface area contributed by atoms with Crippen LogP contribution in [0.5, 0.6) is 0 Å². The van der Waals surface area contributed by atoms with Gasteiger partial charge in [0.1, 0.15) is 13.1 Å². The highest BCUT2D eigenvalue weighted by Crippen LogP contribution is 1.95. The van der Waals surface area contributed by atoms with Gasteiger partial charge in [-0.1, -0.05) is 5.92 Å². The number of rotatable bonds is 9. The van der Waals surface area contributed by atoms with Crippen molar-refractivity contribution in [2.24, 2.45) is 0 Å². The third-order valence-electron chi connectivity index (χ3n) is 2.35. The minimum Gasteiger partial charge on any atom is -0.436 e. The predicted molar refractivity (Wildman–Crippen MR) is 67.9 cm³/mol. The number of quaternary nitrogens is 1. The Morgan fingerprint density at radius 2 is 2.11 bits per heavy atom. The largest absolute Gasteiger partial charge is 0.436 e. The summed E-state index contributed by atoms with van der Waals surface area (Å²) in [7, 11) is 4.05. The van der Waals surface area contributed by atoms with Gasteiger partial charge in [0, 0.05) is 6.54 Å². The summed E-state index contributed by atoms with van der Waals surface area (Å²) >= 11 is 0. The van der Waals surface area contributed by atoms with Crippen molar-refractivity contribution in [1.29, 1.82) is 0 Å². The first-order valence-corrected chi connectivity index (χ1v) is 5.86. The van der Waals surface area contributed by atoms with E-state index in [1.54, 1.807) is 0 Å². The lowest BCUT2D eigenvalue weighted by atomic mass is 10.4. The molecule has 104 valence electrons. The van der Waals surface area contributed by atoms with Crippen LogP contribution < -0.4 is 5.32 Å². The third kappa shape index (κ3) is 9.90. The Morgan fingerprint density at radius 3 is 2.72 bits per heavy atom. The molecule has 2 N–H and O–H groups in total. The fourth-order valence-electron chi connectivity index (χ4n) is 1.18. The predicted octanol–water partition coefficient (Wildman–Crippen LogP) is -0.569. The van der Waals surface area contributed by atoms with E-state index >= 15 is 0 Å². The summed E-state index contributed by atoms with van der Waals surface area (Å²) in [5.74, 6) is 2.20. The zero-order chi connectivity index (χ0) is 13.9. The van der Waals surface area contributed by atoms with Crippen LogP contribution in [0.3, 0.4) is 0 Å². The van der Waals surface area contributed by atoms with Crippen LogP contribution >= 0.6 is 0 Å². The summed E-state index contributed by atoms with van der Waals surface area (Å²) in [5.41, 5.74) is 0. The average molecular weight is 259 g/mol. The molecule has 0 aliphatic rings. The SMILES string of the molecule is C#CCOC(=O)NCCOCC[N+](C)(C)CCO. The van der Waals surface area contributed by atoms with Gasteiger partial charge in [-0.15, -0.1) is 6.42 Å². The fraction of sp³-hybridized carbons (Fsp3) is 0.750. The maximum absolute atomic E-state index is 11.0. The molecule has 0 aliphatic carbocycles. The lowest BCUT2D eigenvalue weighted by Crippen LogP contribution is -2.44. The lowest BCUT2D eigenvalue weighted by molar-refractivity contribution is -0.891. The Bertz CT molecular complexity index is 274. The van der Waals surface area contributed by atoms with Gasteiger partial charge in [-0.05, 0) is 0 Å². The smallest absolute Gasteiger partial charge is 0.408 e. The van der Waals surface area contributed by atoms with E-state index < -0.39 is 6.09 Å². The zero-order valence-electron chi connectivity index (χ0n) is 11.1. The summed E-state index contributed by atoms with van der Waals surface area (Å²) < 4.78 is 10.7. The summed E-state index contributed by atoms with van der Waals surface area (Å²) in [5, 5.41) is 11.4. The van der Waals surface area contributed by atoms with Crippen molar-refractivity contribution < 1.29 is 23.9 Å². The van der Waals surface area contributed by atoms with E-state index in [0.717, 1.165) is 6.54 Å². The van der Waals surface area contributed by atoms with Crippen LogP contribution in [0.4, 0.5) is 4.79 Å². The first-order valence-electron chi connectivity index (χ1n) is 5.86. The van der Waals surface area contributed by atoms with Gasteiger partial charge in [0.05, 0.1) is 33.9 Å². The quantitative estimate of drug-likeness (QED) is 0.331. The highest BCUT2D eigenvalue weighted by Gasteiger charge is 2.13. The number of amides is 1. The molecule has 0 aliphatic heterocycles. The van der Waals surface area contributed by atoms with Crippen molar-refractivity contribution in [3.63, 3.8) is 0 Å². The van der Waals surface area contributed by atoms with Crippen molar-refractivity contribution in [3.8, 4) is 12.3 Å². The molecule has 0 heterocycles. The van der Waals surface area contributed by atoms with Gasteiger partial charge in [-0.2, -0.15) is 0 Å². The molecule has 6 heteroatoms. The van der Waals surface area contributed by atoms with E-state index in [-0.39, 0.29) is 13.2 Å². The topological polar surface area (TPSA) is 67.8 Å². The third-order valence-corrected chi connectivity index (χ3v) is 2.35. The maximum atomic E-state index is 11.0. The van der Waals surface area contributed by atoms with Gasteiger partial charge in [0.2, 0.25) is 0 Å². The number of terminal acetylenes is 1. The monoisotopic (exact) mass is 259 g/mol.